The molecule has 1 amide bonds. The molecule has 0 saturated carbocycles. The summed E-state index contributed by atoms with van der Waals surface area (Å²) in [6.45, 7) is 0. The van der Waals surface area contributed by atoms with E-state index in [2.05, 4.69) is 4.98 Å². The Balaban J connectivity index is 1.93. The van der Waals surface area contributed by atoms with Gasteiger partial charge in [0.05, 0.1) is 5.56 Å². The highest BCUT2D eigenvalue weighted by molar-refractivity contribution is 6.29. The molecule has 0 fully saturated rings. The van der Waals surface area contributed by atoms with E-state index in [-0.39, 0.29) is 5.91 Å². The van der Waals surface area contributed by atoms with Crippen LogP contribution >= 0.6 is 11.6 Å². The number of hydrogen-bond donors (Lipinski definition) is 0. The van der Waals surface area contributed by atoms with Gasteiger partial charge in [0.25, 0.3) is 5.91 Å². The maximum Gasteiger partial charge on any atom is 0.259 e. The number of rotatable bonds is 2. The molecule has 0 aliphatic carbocycles. The first-order chi connectivity index (χ1) is 10.1. The molecule has 1 aromatic heterocycles. The fraction of sp³-hybridized carbons (Fsp3) is 0.0588. The highest BCUT2D eigenvalue weighted by Gasteiger charge is 2.14. The summed E-state index contributed by atoms with van der Waals surface area (Å²) in [6.07, 6.45) is 1.49. The van der Waals surface area contributed by atoms with Gasteiger partial charge in [0.15, 0.2) is 0 Å². The maximum absolute atomic E-state index is 12.4. The summed E-state index contributed by atoms with van der Waals surface area (Å²) in [5, 5.41) is 2.62. The van der Waals surface area contributed by atoms with Gasteiger partial charge in [-0.3, -0.25) is 4.79 Å². The lowest BCUT2D eigenvalue weighted by Crippen LogP contribution is -2.26. The number of aromatic nitrogens is 1. The Morgan fingerprint density at radius 2 is 1.81 bits per heavy atom. The van der Waals surface area contributed by atoms with Crippen LogP contribution in [0.25, 0.3) is 10.8 Å². The second-order valence-corrected chi connectivity index (χ2v) is 5.15. The van der Waals surface area contributed by atoms with Crippen LogP contribution in [0.5, 0.6) is 0 Å². The third-order valence-electron chi connectivity index (χ3n) is 3.40. The highest BCUT2D eigenvalue weighted by Crippen LogP contribution is 2.22. The minimum Gasteiger partial charge on any atom is -0.311 e. The molecule has 0 aliphatic heterocycles. The number of carbonyl (C=O) groups is 1. The van der Waals surface area contributed by atoms with Gasteiger partial charge in [-0.1, -0.05) is 41.9 Å². The van der Waals surface area contributed by atoms with Crippen LogP contribution in [0.15, 0.2) is 60.8 Å². The standard InChI is InChI=1S/C17H13ClN2O/c1-20(17(21)14-7-9-16(18)19-11-14)15-8-6-12-4-2-3-5-13(12)10-15/h2-11H,1H3. The number of benzene rings is 2. The molecule has 0 radical (unpaired) electrons. The predicted molar refractivity (Wildman–Crippen MR) is 85.9 cm³/mol. The van der Waals surface area contributed by atoms with Crippen molar-refractivity contribution in [3.8, 4) is 0 Å². The molecule has 0 atom stereocenters. The molecule has 0 spiro atoms. The van der Waals surface area contributed by atoms with E-state index >= 15 is 0 Å². The van der Waals surface area contributed by atoms with Crippen LogP contribution in [-0.2, 0) is 0 Å². The number of nitrogens with zero attached hydrogens (tertiary/aromatic N) is 2. The van der Waals surface area contributed by atoms with Crippen molar-refractivity contribution in [2.45, 2.75) is 0 Å². The third kappa shape index (κ3) is 2.73. The Hall–Kier alpha value is -2.39. The second-order valence-electron chi connectivity index (χ2n) is 4.77. The van der Waals surface area contributed by atoms with E-state index in [4.69, 9.17) is 11.6 Å². The lowest BCUT2D eigenvalue weighted by atomic mass is 10.1. The Kier molecular flexibility index (Phi) is 3.59. The maximum atomic E-state index is 12.4. The minimum atomic E-state index is -0.116. The monoisotopic (exact) mass is 296 g/mol. The van der Waals surface area contributed by atoms with Crippen LogP contribution in [0.4, 0.5) is 5.69 Å². The van der Waals surface area contributed by atoms with E-state index in [0.717, 1.165) is 16.5 Å². The van der Waals surface area contributed by atoms with Crippen molar-refractivity contribution in [1.82, 2.24) is 4.98 Å². The lowest BCUT2D eigenvalue weighted by Gasteiger charge is -2.18. The Morgan fingerprint density at radius 1 is 1.05 bits per heavy atom. The quantitative estimate of drug-likeness (QED) is 0.665. The normalized spacial score (nSPS) is 10.6. The number of pyridine rings is 1. The first kappa shape index (κ1) is 13.6. The summed E-state index contributed by atoms with van der Waals surface area (Å²) >= 11 is 5.74. The van der Waals surface area contributed by atoms with E-state index in [9.17, 15) is 4.79 Å². The van der Waals surface area contributed by atoms with Gasteiger partial charge in [-0.05, 0) is 35.0 Å². The largest absolute Gasteiger partial charge is 0.311 e. The fourth-order valence-electron chi connectivity index (χ4n) is 2.20. The van der Waals surface area contributed by atoms with Crippen molar-refractivity contribution in [2.75, 3.05) is 11.9 Å². The molecule has 1 heterocycles. The van der Waals surface area contributed by atoms with Crippen molar-refractivity contribution in [3.63, 3.8) is 0 Å². The molecule has 0 saturated heterocycles. The number of carbonyl (C=O) groups excluding carboxylic acids is 1. The van der Waals surface area contributed by atoms with Gasteiger partial charge in [-0.25, -0.2) is 4.98 Å². The summed E-state index contributed by atoms with van der Waals surface area (Å²) in [4.78, 5) is 18.0. The van der Waals surface area contributed by atoms with Crippen LogP contribution in [0.2, 0.25) is 5.15 Å². The zero-order valence-electron chi connectivity index (χ0n) is 11.5. The van der Waals surface area contributed by atoms with Crippen molar-refractivity contribution in [1.29, 1.82) is 0 Å². The first-order valence-electron chi connectivity index (χ1n) is 6.53. The van der Waals surface area contributed by atoms with Crippen LogP contribution in [-0.4, -0.2) is 17.9 Å². The Morgan fingerprint density at radius 3 is 2.52 bits per heavy atom. The molecule has 4 heteroatoms. The SMILES string of the molecule is CN(C(=O)c1ccc(Cl)nc1)c1ccc2ccccc2c1. The van der Waals surface area contributed by atoms with Crippen LogP contribution in [0.3, 0.4) is 0 Å². The van der Waals surface area contributed by atoms with E-state index < -0.39 is 0 Å². The molecule has 2 aromatic carbocycles. The average molecular weight is 297 g/mol. The summed E-state index contributed by atoms with van der Waals surface area (Å²) in [7, 11) is 1.75. The van der Waals surface area contributed by atoms with Crippen molar-refractivity contribution >= 4 is 34.0 Å². The predicted octanol–water partition coefficient (Wildman–Crippen LogP) is 4.16. The van der Waals surface area contributed by atoms with Gasteiger partial charge in [-0.15, -0.1) is 0 Å². The van der Waals surface area contributed by atoms with Gasteiger partial charge in [-0.2, -0.15) is 0 Å². The Labute approximate surface area is 127 Å². The molecule has 104 valence electrons. The van der Waals surface area contributed by atoms with Crippen molar-refractivity contribution in [2.24, 2.45) is 0 Å². The highest BCUT2D eigenvalue weighted by atomic mass is 35.5. The molecule has 21 heavy (non-hydrogen) atoms. The third-order valence-corrected chi connectivity index (χ3v) is 3.62. The number of amides is 1. The van der Waals surface area contributed by atoms with E-state index in [1.807, 2.05) is 42.5 Å². The average Bonchev–Trinajstić information content (AvgIpc) is 2.54. The number of anilines is 1. The smallest absolute Gasteiger partial charge is 0.259 e. The molecule has 0 aliphatic rings. The number of hydrogen-bond acceptors (Lipinski definition) is 2. The van der Waals surface area contributed by atoms with E-state index in [1.54, 1.807) is 24.1 Å². The van der Waals surface area contributed by atoms with Crippen LogP contribution < -0.4 is 4.90 Å². The summed E-state index contributed by atoms with van der Waals surface area (Å²) in [5.74, 6) is -0.116. The summed E-state index contributed by atoms with van der Waals surface area (Å²) in [5.41, 5.74) is 1.35. The fourth-order valence-corrected chi connectivity index (χ4v) is 2.31. The molecule has 3 nitrogen and oxygen atoms in total. The summed E-state index contributed by atoms with van der Waals surface area (Å²) in [6, 6.07) is 17.3. The minimum absolute atomic E-state index is 0.116. The molecule has 0 bridgehead atoms. The van der Waals surface area contributed by atoms with Gasteiger partial charge in [0.1, 0.15) is 5.15 Å². The lowest BCUT2D eigenvalue weighted by molar-refractivity contribution is 0.0992. The molecule has 0 N–H and O–H groups in total. The number of fused-ring (bicyclic) bond motifs is 1. The summed E-state index contributed by atoms with van der Waals surface area (Å²) < 4.78 is 0. The molecule has 3 aromatic rings. The van der Waals surface area contributed by atoms with E-state index in [0.29, 0.717) is 10.7 Å². The van der Waals surface area contributed by atoms with Crippen LogP contribution in [0, 0.1) is 0 Å². The molecular formula is C17H13ClN2O. The zero-order valence-corrected chi connectivity index (χ0v) is 12.2. The van der Waals surface area contributed by atoms with Gasteiger partial charge < -0.3 is 4.90 Å². The van der Waals surface area contributed by atoms with Crippen LogP contribution in [0.1, 0.15) is 10.4 Å². The molecule has 0 unspecified atom stereocenters. The van der Waals surface area contributed by atoms with Gasteiger partial charge >= 0.3 is 0 Å². The van der Waals surface area contributed by atoms with Crippen molar-refractivity contribution in [3.05, 3.63) is 71.5 Å². The molecular weight excluding hydrogens is 284 g/mol. The molecule has 3 rings (SSSR count). The van der Waals surface area contributed by atoms with Crippen molar-refractivity contribution < 1.29 is 4.79 Å². The van der Waals surface area contributed by atoms with E-state index in [1.165, 1.54) is 6.20 Å². The van der Waals surface area contributed by atoms with Gasteiger partial charge in [0, 0.05) is 18.9 Å². The second kappa shape index (κ2) is 5.54. The van der Waals surface area contributed by atoms with Gasteiger partial charge in [0.2, 0.25) is 0 Å². The first-order valence-corrected chi connectivity index (χ1v) is 6.91. The Bertz CT molecular complexity index is 799. The number of halogens is 1. The zero-order chi connectivity index (χ0) is 14.8. The topological polar surface area (TPSA) is 33.2 Å².